The Hall–Kier alpha value is -2.28. The van der Waals surface area contributed by atoms with Crippen LogP contribution in [0.1, 0.15) is 71.8 Å². The number of rotatable bonds is 5. The Morgan fingerprint density at radius 3 is 2.37 bits per heavy atom. The highest BCUT2D eigenvalue weighted by atomic mass is 16.6. The van der Waals surface area contributed by atoms with Gasteiger partial charge in [-0.2, -0.15) is 0 Å². The molecule has 1 aromatic rings. The van der Waals surface area contributed by atoms with Crippen LogP contribution in [0.25, 0.3) is 0 Å². The molecule has 1 aromatic carbocycles. The number of amides is 1. The number of cyclic esters (lactones) is 1. The van der Waals surface area contributed by atoms with Crippen molar-refractivity contribution in [2.75, 3.05) is 50.7 Å². The lowest BCUT2D eigenvalue weighted by Gasteiger charge is -2.38. The Bertz CT molecular complexity index is 894. The second kappa shape index (κ2) is 10.4. The third kappa shape index (κ3) is 6.11. The molecule has 0 saturated carbocycles. The summed E-state index contributed by atoms with van der Waals surface area (Å²) in [6, 6.07) is 8.76. The number of hydrogen-bond donors (Lipinski definition) is 0. The lowest BCUT2D eigenvalue weighted by molar-refractivity contribution is -0.151. The van der Waals surface area contributed by atoms with Crippen LogP contribution < -0.4 is 4.90 Å². The van der Waals surface area contributed by atoms with Crippen molar-refractivity contribution in [1.82, 2.24) is 9.80 Å². The molecule has 1 atom stereocenters. The first-order valence-electron chi connectivity index (χ1n) is 13.3. The van der Waals surface area contributed by atoms with E-state index in [0.29, 0.717) is 31.8 Å². The topological polar surface area (TPSA) is 62.3 Å². The van der Waals surface area contributed by atoms with Crippen molar-refractivity contribution in [3.05, 3.63) is 29.8 Å². The van der Waals surface area contributed by atoms with E-state index in [0.717, 1.165) is 45.6 Å². The lowest BCUT2D eigenvalue weighted by Crippen LogP contribution is -2.47. The van der Waals surface area contributed by atoms with Crippen LogP contribution >= 0.6 is 0 Å². The van der Waals surface area contributed by atoms with Gasteiger partial charge >= 0.3 is 12.1 Å². The molecular weight excluding hydrogens is 442 g/mol. The molecule has 7 heteroatoms. The van der Waals surface area contributed by atoms with Gasteiger partial charge in [0.05, 0.1) is 5.41 Å². The first kappa shape index (κ1) is 25.8. The number of para-hydroxylation sites is 1. The minimum atomic E-state index is -0.507. The van der Waals surface area contributed by atoms with Gasteiger partial charge in [-0.05, 0) is 57.6 Å². The molecule has 4 rings (SSSR count). The summed E-state index contributed by atoms with van der Waals surface area (Å²) in [7, 11) is 0. The fourth-order valence-corrected chi connectivity index (χ4v) is 5.65. The first-order valence-corrected chi connectivity index (χ1v) is 13.3. The molecule has 3 heterocycles. The van der Waals surface area contributed by atoms with Gasteiger partial charge in [-0.25, -0.2) is 4.79 Å². The van der Waals surface area contributed by atoms with Crippen LogP contribution in [0.5, 0.6) is 0 Å². The summed E-state index contributed by atoms with van der Waals surface area (Å²) in [5.41, 5.74) is 1.85. The van der Waals surface area contributed by atoms with Crippen molar-refractivity contribution in [2.24, 2.45) is 5.41 Å². The highest BCUT2D eigenvalue weighted by Crippen LogP contribution is 2.44. The van der Waals surface area contributed by atoms with E-state index in [4.69, 9.17) is 9.47 Å². The SMILES string of the molecule is CC(C)c1ccccc1N1CCN(CCC2CC3(CCN(C(=O)OC(C)(C)C)CC3)C(=O)O2)CC1. The average molecular weight is 486 g/mol. The number of piperazine rings is 1. The standard InChI is InChI=1S/C28H43N3O4/c1-21(2)23-8-6-7-9-24(23)30-18-16-29(17-19-30)13-10-22-20-28(25(32)34-22)11-14-31(15-12-28)26(33)35-27(3,4)5/h6-9,21-22H,10-20H2,1-5H3. The summed E-state index contributed by atoms with van der Waals surface area (Å²) in [5.74, 6) is 0.450. The number of anilines is 1. The fourth-order valence-electron chi connectivity index (χ4n) is 5.65. The number of ether oxygens (including phenoxy) is 2. The molecule has 0 bridgehead atoms. The second-order valence-electron chi connectivity index (χ2n) is 11.8. The number of piperidine rings is 1. The summed E-state index contributed by atoms with van der Waals surface area (Å²) in [6.07, 6.45) is 2.67. The summed E-state index contributed by atoms with van der Waals surface area (Å²) in [4.78, 5) is 31.9. The Morgan fingerprint density at radius 1 is 1.09 bits per heavy atom. The molecule has 35 heavy (non-hydrogen) atoms. The zero-order valence-electron chi connectivity index (χ0n) is 22.2. The van der Waals surface area contributed by atoms with Gasteiger partial charge in [-0.15, -0.1) is 0 Å². The molecule has 0 aromatic heterocycles. The highest BCUT2D eigenvalue weighted by Gasteiger charge is 2.51. The molecule has 0 aliphatic carbocycles. The largest absolute Gasteiger partial charge is 0.462 e. The number of benzene rings is 1. The summed E-state index contributed by atoms with van der Waals surface area (Å²) >= 11 is 0. The number of nitrogens with zero attached hydrogens (tertiary/aromatic N) is 3. The van der Waals surface area contributed by atoms with Crippen LogP contribution in [-0.2, 0) is 14.3 Å². The molecule has 3 aliphatic heterocycles. The predicted molar refractivity (Wildman–Crippen MR) is 138 cm³/mol. The molecule has 1 unspecified atom stereocenters. The van der Waals surface area contributed by atoms with Crippen molar-refractivity contribution in [2.45, 2.75) is 77.9 Å². The maximum atomic E-state index is 12.8. The van der Waals surface area contributed by atoms with E-state index >= 15 is 0 Å². The summed E-state index contributed by atoms with van der Waals surface area (Å²) in [5, 5.41) is 0. The maximum absolute atomic E-state index is 12.8. The number of carbonyl (C=O) groups excluding carboxylic acids is 2. The zero-order chi connectivity index (χ0) is 25.2. The van der Waals surface area contributed by atoms with Gasteiger partial charge in [0.15, 0.2) is 0 Å². The van der Waals surface area contributed by atoms with Crippen molar-refractivity contribution >= 4 is 17.7 Å². The molecule has 1 amide bonds. The van der Waals surface area contributed by atoms with Gasteiger partial charge in [0.2, 0.25) is 0 Å². The number of hydrogen-bond acceptors (Lipinski definition) is 6. The Kier molecular flexibility index (Phi) is 7.65. The molecule has 3 fully saturated rings. The van der Waals surface area contributed by atoms with Gasteiger partial charge in [0.25, 0.3) is 0 Å². The molecule has 3 saturated heterocycles. The van der Waals surface area contributed by atoms with Crippen LogP contribution in [0, 0.1) is 5.41 Å². The average Bonchev–Trinajstić information content (AvgIpc) is 3.11. The first-order chi connectivity index (χ1) is 16.6. The maximum Gasteiger partial charge on any atom is 0.410 e. The van der Waals surface area contributed by atoms with E-state index in [1.54, 1.807) is 4.90 Å². The molecule has 0 N–H and O–H groups in total. The van der Waals surface area contributed by atoms with E-state index < -0.39 is 11.0 Å². The molecular formula is C28H43N3O4. The summed E-state index contributed by atoms with van der Waals surface area (Å²) < 4.78 is 11.3. The number of carbonyl (C=O) groups is 2. The van der Waals surface area contributed by atoms with Crippen LogP contribution in [0.2, 0.25) is 0 Å². The van der Waals surface area contributed by atoms with Crippen LogP contribution in [-0.4, -0.2) is 79.4 Å². The predicted octanol–water partition coefficient (Wildman–Crippen LogP) is 4.65. The molecule has 194 valence electrons. The zero-order valence-corrected chi connectivity index (χ0v) is 22.2. The minimum absolute atomic E-state index is 0.0183. The van der Waals surface area contributed by atoms with Crippen molar-refractivity contribution in [3.63, 3.8) is 0 Å². The van der Waals surface area contributed by atoms with Crippen LogP contribution in [0.15, 0.2) is 24.3 Å². The van der Waals surface area contributed by atoms with Gasteiger partial charge in [0, 0.05) is 57.9 Å². The van der Waals surface area contributed by atoms with Crippen molar-refractivity contribution < 1.29 is 19.1 Å². The number of likely N-dealkylation sites (tertiary alicyclic amines) is 1. The Labute approximate surface area is 210 Å². The van der Waals surface area contributed by atoms with E-state index in [9.17, 15) is 9.59 Å². The quantitative estimate of drug-likeness (QED) is 0.566. The molecule has 7 nitrogen and oxygen atoms in total. The van der Waals surface area contributed by atoms with E-state index in [2.05, 4.69) is 47.9 Å². The van der Waals surface area contributed by atoms with Crippen LogP contribution in [0.3, 0.4) is 0 Å². The second-order valence-corrected chi connectivity index (χ2v) is 11.8. The summed E-state index contributed by atoms with van der Waals surface area (Å²) in [6.45, 7) is 16.3. The number of esters is 1. The normalized spacial score (nSPS) is 23.1. The molecule has 3 aliphatic rings. The molecule has 0 radical (unpaired) electrons. The smallest absolute Gasteiger partial charge is 0.410 e. The van der Waals surface area contributed by atoms with E-state index in [-0.39, 0.29) is 18.2 Å². The Balaban J connectivity index is 1.22. The van der Waals surface area contributed by atoms with E-state index in [1.807, 2.05) is 20.8 Å². The van der Waals surface area contributed by atoms with E-state index in [1.165, 1.54) is 11.3 Å². The van der Waals surface area contributed by atoms with Crippen LogP contribution in [0.4, 0.5) is 10.5 Å². The lowest BCUT2D eigenvalue weighted by atomic mass is 9.76. The van der Waals surface area contributed by atoms with Crippen molar-refractivity contribution in [3.8, 4) is 0 Å². The van der Waals surface area contributed by atoms with Gasteiger partial charge in [-0.3, -0.25) is 9.69 Å². The third-order valence-corrected chi connectivity index (χ3v) is 7.74. The van der Waals surface area contributed by atoms with Gasteiger partial charge in [0.1, 0.15) is 11.7 Å². The fraction of sp³-hybridized carbons (Fsp3) is 0.714. The Morgan fingerprint density at radius 2 is 1.74 bits per heavy atom. The molecule has 1 spiro atoms. The minimum Gasteiger partial charge on any atom is -0.462 e. The van der Waals surface area contributed by atoms with Gasteiger partial charge < -0.3 is 19.3 Å². The van der Waals surface area contributed by atoms with Gasteiger partial charge in [-0.1, -0.05) is 32.0 Å². The monoisotopic (exact) mass is 485 g/mol. The highest BCUT2D eigenvalue weighted by molar-refractivity contribution is 5.79. The third-order valence-electron chi connectivity index (χ3n) is 7.74. The van der Waals surface area contributed by atoms with Crippen molar-refractivity contribution in [1.29, 1.82) is 0 Å².